The molecule has 2 heterocycles. The lowest BCUT2D eigenvalue weighted by atomic mass is 10.3. The van der Waals surface area contributed by atoms with Crippen molar-refractivity contribution in [2.75, 3.05) is 18.6 Å². The topological polar surface area (TPSA) is 115 Å². The zero-order valence-corrected chi connectivity index (χ0v) is 16.9. The number of benzene rings is 1. The van der Waals surface area contributed by atoms with E-state index in [0.29, 0.717) is 17.1 Å². The Hall–Kier alpha value is -2.98. The fraction of sp³-hybridized carbons (Fsp3) is 0.316. The zero-order chi connectivity index (χ0) is 21.2. The number of imide groups is 1. The fourth-order valence-corrected chi connectivity index (χ4v) is 4.14. The van der Waals surface area contributed by atoms with Gasteiger partial charge < -0.3 is 9.30 Å². The Labute approximate surface area is 168 Å². The summed E-state index contributed by atoms with van der Waals surface area (Å²) in [6.45, 7) is 1.90. The van der Waals surface area contributed by atoms with Crippen molar-refractivity contribution in [3.05, 3.63) is 52.4 Å². The van der Waals surface area contributed by atoms with Gasteiger partial charge in [0.15, 0.2) is 0 Å². The van der Waals surface area contributed by atoms with Crippen molar-refractivity contribution in [2.45, 2.75) is 31.2 Å². The average Bonchev–Trinajstić information content (AvgIpc) is 3.02. The van der Waals surface area contributed by atoms with Crippen LogP contribution in [0.5, 0.6) is 5.75 Å². The van der Waals surface area contributed by atoms with Gasteiger partial charge in [-0.25, -0.2) is 13.1 Å². The normalized spacial score (nSPS) is 14.5. The minimum Gasteiger partial charge on any atom is -0.496 e. The maximum atomic E-state index is 12.5. The SMILES string of the molecule is COc1cc(C)n(CCNS(=O)(=O)c2ccc(N3C(=O)CCC3=O)cc2)c(=O)c1. The lowest BCUT2D eigenvalue weighted by molar-refractivity contribution is -0.121. The molecule has 0 spiro atoms. The fourth-order valence-electron chi connectivity index (χ4n) is 3.12. The van der Waals surface area contributed by atoms with Crippen molar-refractivity contribution in [3.63, 3.8) is 0 Å². The van der Waals surface area contributed by atoms with Crippen LogP contribution in [0.3, 0.4) is 0 Å². The van der Waals surface area contributed by atoms with Crippen molar-refractivity contribution >= 4 is 27.5 Å². The first-order valence-electron chi connectivity index (χ1n) is 8.94. The summed E-state index contributed by atoms with van der Waals surface area (Å²) in [6.07, 6.45) is 0.315. The van der Waals surface area contributed by atoms with Crippen molar-refractivity contribution < 1.29 is 22.7 Å². The van der Waals surface area contributed by atoms with Crippen LogP contribution in [0.4, 0.5) is 5.69 Å². The quantitative estimate of drug-likeness (QED) is 0.664. The summed E-state index contributed by atoms with van der Waals surface area (Å²) in [7, 11) is -2.35. The van der Waals surface area contributed by atoms with Gasteiger partial charge in [-0.3, -0.25) is 19.3 Å². The van der Waals surface area contributed by atoms with Crippen molar-refractivity contribution in [1.29, 1.82) is 0 Å². The summed E-state index contributed by atoms with van der Waals surface area (Å²) < 4.78 is 33.9. The minimum absolute atomic E-state index is 0.000792. The van der Waals surface area contributed by atoms with Crippen molar-refractivity contribution in [1.82, 2.24) is 9.29 Å². The largest absolute Gasteiger partial charge is 0.496 e. The van der Waals surface area contributed by atoms with Gasteiger partial charge in [0.2, 0.25) is 21.8 Å². The number of carbonyl (C=O) groups is 2. The Morgan fingerprint density at radius 2 is 1.66 bits per heavy atom. The Balaban J connectivity index is 1.68. The molecule has 0 saturated carbocycles. The number of ether oxygens (including phenoxy) is 1. The van der Waals surface area contributed by atoms with Gasteiger partial charge in [-0.15, -0.1) is 0 Å². The van der Waals surface area contributed by atoms with Crippen LogP contribution in [0.2, 0.25) is 0 Å². The van der Waals surface area contributed by atoms with Gasteiger partial charge in [-0.1, -0.05) is 0 Å². The molecular weight excluding hydrogens is 398 g/mol. The number of aromatic nitrogens is 1. The highest BCUT2D eigenvalue weighted by Gasteiger charge is 2.30. The van der Waals surface area contributed by atoms with Crippen LogP contribution in [0.1, 0.15) is 18.5 Å². The molecule has 2 aromatic rings. The molecule has 1 N–H and O–H groups in total. The van der Waals surface area contributed by atoms with E-state index in [9.17, 15) is 22.8 Å². The van der Waals surface area contributed by atoms with Crippen LogP contribution in [0.25, 0.3) is 0 Å². The first kappa shape index (κ1) is 20.7. The zero-order valence-electron chi connectivity index (χ0n) is 16.0. The lowest BCUT2D eigenvalue weighted by Crippen LogP contribution is -2.32. The van der Waals surface area contributed by atoms with E-state index in [1.165, 1.54) is 42.0 Å². The number of nitrogens with one attached hydrogen (secondary N) is 1. The third kappa shape index (κ3) is 4.38. The average molecular weight is 419 g/mol. The number of amides is 2. The number of methoxy groups -OCH3 is 1. The summed E-state index contributed by atoms with van der Waals surface area (Å²) >= 11 is 0. The molecule has 0 radical (unpaired) electrons. The van der Waals surface area contributed by atoms with Gasteiger partial charge >= 0.3 is 0 Å². The van der Waals surface area contributed by atoms with Crippen LogP contribution in [0, 0.1) is 6.92 Å². The molecule has 0 atom stereocenters. The number of sulfonamides is 1. The molecule has 3 rings (SSSR count). The second-order valence-electron chi connectivity index (χ2n) is 6.54. The van der Waals surface area contributed by atoms with Gasteiger partial charge in [0.25, 0.3) is 5.56 Å². The first-order valence-corrected chi connectivity index (χ1v) is 10.4. The number of hydrogen-bond donors (Lipinski definition) is 1. The Morgan fingerprint density at radius 1 is 1.03 bits per heavy atom. The van der Waals surface area contributed by atoms with Crippen LogP contribution >= 0.6 is 0 Å². The molecule has 10 heteroatoms. The van der Waals surface area contributed by atoms with Gasteiger partial charge in [0, 0.05) is 37.7 Å². The number of nitrogens with zero attached hydrogens (tertiary/aromatic N) is 2. The number of anilines is 1. The van der Waals surface area contributed by atoms with Gasteiger partial charge in [-0.2, -0.15) is 0 Å². The molecule has 1 aromatic heterocycles. The molecule has 154 valence electrons. The molecule has 1 aliphatic heterocycles. The molecule has 0 unspecified atom stereocenters. The molecule has 0 bridgehead atoms. The van der Waals surface area contributed by atoms with Gasteiger partial charge in [-0.05, 0) is 37.3 Å². The summed E-state index contributed by atoms with van der Waals surface area (Å²) in [4.78, 5) is 36.7. The number of rotatable bonds is 7. The number of carbonyl (C=O) groups excluding carboxylic acids is 2. The standard InChI is InChI=1S/C19H21N3O6S/c1-13-11-15(28-2)12-19(25)21(13)10-9-20-29(26,27)16-5-3-14(4-6-16)22-17(23)7-8-18(22)24/h3-6,11-12,20H,7-10H2,1-2H3. The molecule has 0 aliphatic carbocycles. The van der Waals surface area contributed by atoms with Crippen molar-refractivity contribution in [3.8, 4) is 5.75 Å². The molecule has 1 fully saturated rings. The predicted molar refractivity (Wildman–Crippen MR) is 105 cm³/mol. The smallest absolute Gasteiger partial charge is 0.254 e. The Kier molecular flexibility index (Phi) is 5.85. The molecule has 29 heavy (non-hydrogen) atoms. The van der Waals surface area contributed by atoms with E-state index in [1.807, 2.05) is 0 Å². The van der Waals surface area contributed by atoms with Crippen molar-refractivity contribution in [2.24, 2.45) is 0 Å². The molecular formula is C19H21N3O6S. The van der Waals surface area contributed by atoms with E-state index in [4.69, 9.17) is 4.74 Å². The first-order chi connectivity index (χ1) is 13.7. The Bertz CT molecular complexity index is 1090. The highest BCUT2D eigenvalue weighted by atomic mass is 32.2. The number of aryl methyl sites for hydroxylation is 1. The predicted octanol–water partition coefficient (Wildman–Crippen LogP) is 0.797. The van der Waals surface area contributed by atoms with E-state index in [1.54, 1.807) is 13.0 Å². The summed E-state index contributed by atoms with van der Waals surface area (Å²) in [5.74, 6) is -0.160. The molecule has 1 aromatic carbocycles. The lowest BCUT2D eigenvalue weighted by Gasteiger charge is -2.15. The second kappa shape index (κ2) is 8.18. The maximum absolute atomic E-state index is 12.5. The van der Waals surface area contributed by atoms with Gasteiger partial charge in [0.05, 0.1) is 17.7 Å². The maximum Gasteiger partial charge on any atom is 0.254 e. The van der Waals surface area contributed by atoms with Crippen LogP contribution in [-0.2, 0) is 26.2 Å². The number of pyridine rings is 1. The minimum atomic E-state index is -3.81. The molecule has 1 saturated heterocycles. The van der Waals surface area contributed by atoms with Crippen LogP contribution < -0.4 is 19.9 Å². The van der Waals surface area contributed by atoms with Crippen LogP contribution in [0.15, 0.2) is 46.1 Å². The van der Waals surface area contributed by atoms with E-state index < -0.39 is 10.0 Å². The summed E-state index contributed by atoms with van der Waals surface area (Å²) in [5, 5.41) is 0. The number of hydrogen-bond acceptors (Lipinski definition) is 6. The van der Waals surface area contributed by atoms with E-state index in [2.05, 4.69) is 4.72 Å². The Morgan fingerprint density at radius 3 is 2.21 bits per heavy atom. The molecule has 2 amide bonds. The highest BCUT2D eigenvalue weighted by Crippen LogP contribution is 2.23. The molecule has 1 aliphatic rings. The third-order valence-corrected chi connectivity index (χ3v) is 6.11. The highest BCUT2D eigenvalue weighted by molar-refractivity contribution is 7.89. The molecule has 9 nitrogen and oxygen atoms in total. The van der Waals surface area contributed by atoms with Crippen LogP contribution in [-0.4, -0.2) is 38.5 Å². The third-order valence-electron chi connectivity index (χ3n) is 4.63. The summed E-state index contributed by atoms with van der Waals surface area (Å²) in [5.41, 5.74) is 0.708. The van der Waals surface area contributed by atoms with Gasteiger partial charge in [0.1, 0.15) is 5.75 Å². The summed E-state index contributed by atoms with van der Waals surface area (Å²) in [6, 6.07) is 8.54. The van der Waals surface area contributed by atoms with E-state index >= 15 is 0 Å². The second-order valence-corrected chi connectivity index (χ2v) is 8.31. The van der Waals surface area contributed by atoms with E-state index in [0.717, 1.165) is 4.90 Å². The monoisotopic (exact) mass is 419 g/mol. The van der Waals surface area contributed by atoms with E-state index in [-0.39, 0.29) is 48.2 Å².